The van der Waals surface area contributed by atoms with Gasteiger partial charge in [-0.1, -0.05) is 38.1 Å². The van der Waals surface area contributed by atoms with Crippen LogP contribution in [0.3, 0.4) is 0 Å². The van der Waals surface area contributed by atoms with Gasteiger partial charge in [0.05, 0.1) is 6.61 Å². The molecule has 1 aromatic rings. The predicted molar refractivity (Wildman–Crippen MR) is 104 cm³/mol. The minimum absolute atomic E-state index is 0.160. The Balaban J connectivity index is 1.74. The Bertz CT molecular complexity index is 682. The van der Waals surface area contributed by atoms with E-state index in [1.165, 1.54) is 5.56 Å². The van der Waals surface area contributed by atoms with E-state index in [1.54, 1.807) is 15.7 Å². The summed E-state index contributed by atoms with van der Waals surface area (Å²) < 4.78 is 35.3. The molecule has 0 amide bonds. The molecule has 5 nitrogen and oxygen atoms in total. The van der Waals surface area contributed by atoms with Crippen molar-refractivity contribution in [3.63, 3.8) is 0 Å². The summed E-state index contributed by atoms with van der Waals surface area (Å²) >= 11 is 0. The molecule has 146 valence electrons. The molecule has 1 aliphatic heterocycles. The van der Waals surface area contributed by atoms with Crippen molar-refractivity contribution in [3.8, 4) is 0 Å². The molecule has 0 radical (unpaired) electrons. The SMILES string of the molecule is COCC1CCCN(S(=O)(=O)N(Cc2ccc(C(C)C)cc2)C2CC2)C1. The van der Waals surface area contributed by atoms with E-state index in [2.05, 4.69) is 38.1 Å². The predicted octanol–water partition coefficient (Wildman–Crippen LogP) is 3.38. The number of hydrogen-bond acceptors (Lipinski definition) is 3. The second-order valence-corrected chi connectivity index (χ2v) is 9.88. The summed E-state index contributed by atoms with van der Waals surface area (Å²) in [6.07, 6.45) is 3.89. The molecule has 2 fully saturated rings. The van der Waals surface area contributed by atoms with Crippen LogP contribution in [0.1, 0.15) is 56.6 Å². The Labute approximate surface area is 158 Å². The van der Waals surface area contributed by atoms with Gasteiger partial charge in [0.1, 0.15) is 0 Å². The molecule has 0 N–H and O–H groups in total. The zero-order valence-corrected chi connectivity index (χ0v) is 17.0. The zero-order valence-electron chi connectivity index (χ0n) is 16.2. The second kappa shape index (κ2) is 8.38. The van der Waals surface area contributed by atoms with E-state index in [4.69, 9.17) is 4.74 Å². The minimum Gasteiger partial charge on any atom is -0.384 e. The molecule has 2 aliphatic rings. The van der Waals surface area contributed by atoms with Crippen molar-refractivity contribution in [3.05, 3.63) is 35.4 Å². The highest BCUT2D eigenvalue weighted by Crippen LogP contribution is 2.33. The van der Waals surface area contributed by atoms with Crippen LogP contribution in [0.2, 0.25) is 0 Å². The lowest BCUT2D eigenvalue weighted by Gasteiger charge is -2.35. The van der Waals surface area contributed by atoms with E-state index in [0.717, 1.165) is 31.2 Å². The number of rotatable bonds is 8. The number of hydrogen-bond donors (Lipinski definition) is 0. The van der Waals surface area contributed by atoms with Gasteiger partial charge in [-0.2, -0.15) is 17.0 Å². The van der Waals surface area contributed by atoms with Crippen LogP contribution >= 0.6 is 0 Å². The van der Waals surface area contributed by atoms with Gasteiger partial charge < -0.3 is 4.74 Å². The third-order valence-electron chi connectivity index (χ3n) is 5.45. The largest absolute Gasteiger partial charge is 0.384 e. The molecule has 0 aromatic heterocycles. The van der Waals surface area contributed by atoms with Gasteiger partial charge in [-0.3, -0.25) is 0 Å². The topological polar surface area (TPSA) is 49.9 Å². The molecule has 1 unspecified atom stereocenters. The first kappa shape index (κ1) is 19.8. The summed E-state index contributed by atoms with van der Waals surface area (Å²) in [5.41, 5.74) is 2.35. The van der Waals surface area contributed by atoms with E-state index in [0.29, 0.717) is 38.1 Å². The minimum atomic E-state index is -3.43. The molecule has 1 saturated heterocycles. The van der Waals surface area contributed by atoms with Crippen LogP contribution in [0.15, 0.2) is 24.3 Å². The Morgan fingerprint density at radius 3 is 2.46 bits per heavy atom. The number of piperidine rings is 1. The van der Waals surface area contributed by atoms with E-state index < -0.39 is 10.2 Å². The van der Waals surface area contributed by atoms with Crippen LogP contribution in [0.4, 0.5) is 0 Å². The monoisotopic (exact) mass is 380 g/mol. The molecular formula is C20H32N2O3S. The fraction of sp³-hybridized carbons (Fsp3) is 0.700. The normalized spacial score (nSPS) is 22.3. The molecule has 3 rings (SSSR count). The molecule has 1 heterocycles. The Hall–Kier alpha value is -0.950. The van der Waals surface area contributed by atoms with Gasteiger partial charge in [-0.05, 0) is 48.6 Å². The maximum Gasteiger partial charge on any atom is 0.282 e. The molecule has 0 spiro atoms. The van der Waals surface area contributed by atoms with Gasteiger partial charge in [-0.25, -0.2) is 0 Å². The van der Waals surface area contributed by atoms with Crippen molar-refractivity contribution in [1.29, 1.82) is 0 Å². The van der Waals surface area contributed by atoms with Gasteiger partial charge in [-0.15, -0.1) is 0 Å². The van der Waals surface area contributed by atoms with Crippen molar-refractivity contribution < 1.29 is 13.2 Å². The van der Waals surface area contributed by atoms with Crippen LogP contribution in [-0.4, -0.2) is 49.9 Å². The quantitative estimate of drug-likeness (QED) is 0.695. The third-order valence-corrected chi connectivity index (χ3v) is 7.45. The Kier molecular flexibility index (Phi) is 6.38. The van der Waals surface area contributed by atoms with Crippen molar-refractivity contribution >= 4 is 10.2 Å². The lowest BCUT2D eigenvalue weighted by atomic mass is 10.0. The summed E-state index contributed by atoms with van der Waals surface area (Å²) in [4.78, 5) is 0. The first-order valence-corrected chi connectivity index (χ1v) is 11.2. The van der Waals surface area contributed by atoms with Crippen molar-refractivity contribution in [2.45, 2.75) is 58.0 Å². The third kappa shape index (κ3) is 4.66. The van der Waals surface area contributed by atoms with Crippen LogP contribution in [0.5, 0.6) is 0 Å². The van der Waals surface area contributed by atoms with E-state index >= 15 is 0 Å². The maximum atomic E-state index is 13.3. The Morgan fingerprint density at radius 2 is 1.88 bits per heavy atom. The lowest BCUT2D eigenvalue weighted by Crippen LogP contribution is -2.49. The van der Waals surface area contributed by atoms with Gasteiger partial charge in [0.25, 0.3) is 10.2 Å². The number of nitrogens with zero attached hydrogens (tertiary/aromatic N) is 2. The Morgan fingerprint density at radius 1 is 1.19 bits per heavy atom. The fourth-order valence-corrected chi connectivity index (χ4v) is 5.66. The van der Waals surface area contributed by atoms with Crippen molar-refractivity contribution in [2.75, 3.05) is 26.8 Å². The zero-order chi connectivity index (χ0) is 18.7. The summed E-state index contributed by atoms with van der Waals surface area (Å²) in [6.45, 7) is 6.64. The standard InChI is InChI=1S/C20H32N2O3S/c1-16(2)19-8-6-17(7-9-19)14-22(20-10-11-20)26(23,24)21-12-4-5-18(13-21)15-25-3/h6-9,16,18,20H,4-5,10-15H2,1-3H3. The molecule has 1 aliphatic carbocycles. The van der Waals surface area contributed by atoms with Gasteiger partial charge in [0, 0.05) is 32.8 Å². The molecular weight excluding hydrogens is 348 g/mol. The molecule has 1 saturated carbocycles. The van der Waals surface area contributed by atoms with Gasteiger partial charge in [0.15, 0.2) is 0 Å². The highest BCUT2D eigenvalue weighted by Gasteiger charge is 2.41. The van der Waals surface area contributed by atoms with Crippen LogP contribution in [-0.2, 0) is 21.5 Å². The van der Waals surface area contributed by atoms with E-state index in [9.17, 15) is 8.42 Å². The number of ether oxygens (including phenoxy) is 1. The van der Waals surface area contributed by atoms with Crippen molar-refractivity contribution in [2.24, 2.45) is 5.92 Å². The van der Waals surface area contributed by atoms with E-state index in [1.807, 2.05) is 0 Å². The summed E-state index contributed by atoms with van der Waals surface area (Å²) in [5.74, 6) is 0.785. The first-order valence-electron chi connectivity index (χ1n) is 9.76. The summed E-state index contributed by atoms with van der Waals surface area (Å²) in [7, 11) is -1.74. The highest BCUT2D eigenvalue weighted by molar-refractivity contribution is 7.86. The molecule has 1 atom stereocenters. The smallest absolute Gasteiger partial charge is 0.282 e. The van der Waals surface area contributed by atoms with Crippen molar-refractivity contribution in [1.82, 2.24) is 8.61 Å². The fourth-order valence-electron chi connectivity index (χ4n) is 3.71. The van der Waals surface area contributed by atoms with Crippen LogP contribution in [0.25, 0.3) is 0 Å². The average Bonchev–Trinajstić information content (AvgIpc) is 3.45. The van der Waals surface area contributed by atoms with Gasteiger partial charge >= 0.3 is 0 Å². The summed E-state index contributed by atoms with van der Waals surface area (Å²) in [6, 6.07) is 8.54. The second-order valence-electron chi connectivity index (χ2n) is 8.00. The molecule has 6 heteroatoms. The molecule has 26 heavy (non-hydrogen) atoms. The average molecular weight is 381 g/mol. The molecule has 0 bridgehead atoms. The number of benzene rings is 1. The van der Waals surface area contributed by atoms with Crippen LogP contribution < -0.4 is 0 Å². The highest BCUT2D eigenvalue weighted by atomic mass is 32.2. The number of methoxy groups -OCH3 is 1. The maximum absolute atomic E-state index is 13.3. The van der Waals surface area contributed by atoms with E-state index in [-0.39, 0.29) is 6.04 Å². The first-order chi connectivity index (χ1) is 12.4. The van der Waals surface area contributed by atoms with Crippen LogP contribution in [0, 0.1) is 5.92 Å². The summed E-state index contributed by atoms with van der Waals surface area (Å²) in [5, 5.41) is 0. The molecule has 1 aromatic carbocycles. The lowest BCUT2D eigenvalue weighted by molar-refractivity contribution is 0.116. The van der Waals surface area contributed by atoms with Gasteiger partial charge in [0.2, 0.25) is 0 Å².